The molecule has 0 saturated carbocycles. The van der Waals surface area contributed by atoms with Crippen molar-refractivity contribution in [1.29, 1.82) is 0 Å². The molecule has 0 bridgehead atoms. The van der Waals surface area contributed by atoms with Crippen LogP contribution in [0.2, 0.25) is 0 Å². The zero-order valence-electron chi connectivity index (χ0n) is 12.2. The molecule has 0 aliphatic carbocycles. The summed E-state index contributed by atoms with van der Waals surface area (Å²) in [6.45, 7) is 2.11. The molecule has 0 aliphatic rings. The van der Waals surface area contributed by atoms with E-state index in [-0.39, 0.29) is 5.97 Å². The Balaban J connectivity index is 1.82. The molecule has 2 rings (SSSR count). The molecule has 110 valence electrons. The monoisotopic (exact) mass is 318 g/mol. The molecule has 2 nitrogen and oxygen atoms in total. The third kappa shape index (κ3) is 5.14. The smallest absolute Gasteiger partial charge is 0.337 e. The Morgan fingerprint density at radius 1 is 1.00 bits per heavy atom. The van der Waals surface area contributed by atoms with E-state index >= 15 is 0 Å². The van der Waals surface area contributed by atoms with Crippen molar-refractivity contribution in [1.82, 2.24) is 0 Å². The number of rotatable bonds is 6. The van der Waals surface area contributed by atoms with Crippen LogP contribution in [0.15, 0.2) is 48.5 Å². The van der Waals surface area contributed by atoms with Crippen molar-refractivity contribution in [3.05, 3.63) is 70.8 Å². The van der Waals surface area contributed by atoms with E-state index in [9.17, 15) is 4.79 Å². The third-order valence-electron chi connectivity index (χ3n) is 2.97. The Kier molecular flexibility index (Phi) is 6.21. The van der Waals surface area contributed by atoms with Crippen molar-refractivity contribution in [3.8, 4) is 0 Å². The molecule has 0 aliphatic heterocycles. The maximum atomic E-state index is 11.5. The molecule has 21 heavy (non-hydrogen) atoms. The van der Waals surface area contributed by atoms with E-state index in [2.05, 4.69) is 31.2 Å². The average molecular weight is 318 g/mol. The molecule has 2 aromatic carbocycles. The lowest BCUT2D eigenvalue weighted by Gasteiger charge is -2.05. The second kappa shape index (κ2) is 8.15. The summed E-state index contributed by atoms with van der Waals surface area (Å²) < 4.78 is 4.73. The van der Waals surface area contributed by atoms with Gasteiger partial charge in [-0.05, 0) is 30.2 Å². The molecule has 0 aromatic heterocycles. The number of hydrogen-bond donors (Lipinski definition) is 0. The Labute approximate surface area is 133 Å². The number of aryl methyl sites for hydroxylation is 1. The maximum absolute atomic E-state index is 11.5. The lowest BCUT2D eigenvalue weighted by Crippen LogP contribution is -2.01. The van der Waals surface area contributed by atoms with Crippen LogP contribution in [0, 0.1) is 6.92 Å². The minimum atomic E-state index is -0.283. The fourth-order valence-corrected chi connectivity index (χ4v) is 4.04. The average Bonchev–Trinajstić information content (AvgIpc) is 2.51. The molecule has 0 atom stereocenters. The van der Waals surface area contributed by atoms with E-state index < -0.39 is 0 Å². The van der Waals surface area contributed by atoms with Crippen LogP contribution >= 0.6 is 21.6 Å². The fraction of sp³-hybridized carbons (Fsp3) is 0.235. The van der Waals surface area contributed by atoms with Crippen LogP contribution in [0.1, 0.15) is 27.0 Å². The maximum Gasteiger partial charge on any atom is 0.337 e. The van der Waals surface area contributed by atoms with Crippen molar-refractivity contribution in [2.75, 3.05) is 7.11 Å². The van der Waals surface area contributed by atoms with Crippen LogP contribution in [0.4, 0.5) is 0 Å². The predicted octanol–water partition coefficient (Wildman–Crippen LogP) is 4.86. The first-order chi connectivity index (χ1) is 10.2. The number of ether oxygens (including phenoxy) is 1. The highest BCUT2D eigenvalue weighted by atomic mass is 33.1. The highest BCUT2D eigenvalue weighted by molar-refractivity contribution is 8.76. The standard InChI is InChI=1S/C17H18O2S2/c1-13-5-3-6-14(9-13)11-20-21-12-15-7-4-8-16(10-15)17(18)19-2/h3-10H,11-12H2,1-2H3. The van der Waals surface area contributed by atoms with Gasteiger partial charge in [-0.1, -0.05) is 63.5 Å². The van der Waals surface area contributed by atoms with Crippen LogP contribution in [0.3, 0.4) is 0 Å². The highest BCUT2D eigenvalue weighted by Crippen LogP contribution is 2.29. The Morgan fingerprint density at radius 3 is 2.24 bits per heavy atom. The van der Waals surface area contributed by atoms with Gasteiger partial charge in [0.15, 0.2) is 0 Å². The minimum Gasteiger partial charge on any atom is -0.465 e. The lowest BCUT2D eigenvalue weighted by atomic mass is 10.1. The third-order valence-corrected chi connectivity index (χ3v) is 5.24. The van der Waals surface area contributed by atoms with Crippen molar-refractivity contribution in [3.63, 3.8) is 0 Å². The summed E-state index contributed by atoms with van der Waals surface area (Å²) in [5.41, 5.74) is 4.39. The van der Waals surface area contributed by atoms with Crippen LogP contribution in [-0.4, -0.2) is 13.1 Å². The summed E-state index contributed by atoms with van der Waals surface area (Å²) in [4.78, 5) is 11.5. The number of esters is 1. The molecule has 0 N–H and O–H groups in total. The van der Waals surface area contributed by atoms with Gasteiger partial charge in [-0.3, -0.25) is 0 Å². The zero-order valence-corrected chi connectivity index (χ0v) is 13.8. The molecular formula is C17H18O2S2. The molecule has 0 fully saturated rings. The summed E-state index contributed by atoms with van der Waals surface area (Å²) in [5, 5.41) is 0. The van der Waals surface area contributed by atoms with Gasteiger partial charge in [-0.2, -0.15) is 0 Å². The predicted molar refractivity (Wildman–Crippen MR) is 91.6 cm³/mol. The summed E-state index contributed by atoms with van der Waals surface area (Å²) in [7, 11) is 5.03. The van der Waals surface area contributed by atoms with Gasteiger partial charge in [0.25, 0.3) is 0 Å². The van der Waals surface area contributed by atoms with E-state index in [0.29, 0.717) is 5.56 Å². The second-order valence-corrected chi connectivity index (χ2v) is 7.17. The summed E-state index contributed by atoms with van der Waals surface area (Å²) in [5.74, 6) is 1.58. The molecule has 4 heteroatoms. The van der Waals surface area contributed by atoms with E-state index in [0.717, 1.165) is 17.1 Å². The first kappa shape index (κ1) is 16.0. The van der Waals surface area contributed by atoms with Gasteiger partial charge in [0.05, 0.1) is 12.7 Å². The first-order valence-electron chi connectivity index (χ1n) is 6.66. The Hall–Kier alpha value is -1.39. The van der Waals surface area contributed by atoms with Crippen molar-refractivity contribution in [2.45, 2.75) is 18.4 Å². The van der Waals surface area contributed by atoms with Gasteiger partial charge in [0.1, 0.15) is 0 Å². The van der Waals surface area contributed by atoms with Crippen molar-refractivity contribution >= 4 is 27.6 Å². The van der Waals surface area contributed by atoms with Crippen molar-refractivity contribution < 1.29 is 9.53 Å². The molecule has 0 saturated heterocycles. The fourth-order valence-electron chi connectivity index (χ4n) is 1.93. The number of benzene rings is 2. The number of hydrogen-bond acceptors (Lipinski definition) is 4. The Morgan fingerprint density at radius 2 is 1.62 bits per heavy atom. The normalized spacial score (nSPS) is 10.4. The molecule has 0 amide bonds. The molecule has 0 spiro atoms. The molecule has 0 heterocycles. The van der Waals surface area contributed by atoms with Crippen molar-refractivity contribution in [2.24, 2.45) is 0 Å². The van der Waals surface area contributed by atoms with Gasteiger partial charge < -0.3 is 4.74 Å². The molecular weight excluding hydrogens is 300 g/mol. The largest absolute Gasteiger partial charge is 0.465 e. The van der Waals surface area contributed by atoms with Crippen LogP contribution in [0.25, 0.3) is 0 Å². The Bertz CT molecular complexity index is 611. The lowest BCUT2D eigenvalue weighted by molar-refractivity contribution is 0.0600. The van der Waals surface area contributed by atoms with E-state index in [1.165, 1.54) is 18.2 Å². The SMILES string of the molecule is COC(=O)c1cccc(CSSCc2cccc(C)c2)c1. The van der Waals surface area contributed by atoms with Crippen LogP contribution in [0.5, 0.6) is 0 Å². The van der Waals surface area contributed by atoms with Gasteiger partial charge >= 0.3 is 5.97 Å². The highest BCUT2D eigenvalue weighted by Gasteiger charge is 2.05. The van der Waals surface area contributed by atoms with Gasteiger partial charge in [0.2, 0.25) is 0 Å². The minimum absolute atomic E-state index is 0.283. The topological polar surface area (TPSA) is 26.3 Å². The number of carbonyl (C=O) groups is 1. The first-order valence-corrected chi connectivity index (χ1v) is 9.15. The van der Waals surface area contributed by atoms with Gasteiger partial charge in [-0.25, -0.2) is 4.79 Å². The van der Waals surface area contributed by atoms with Gasteiger partial charge in [0, 0.05) is 11.5 Å². The summed E-state index contributed by atoms with van der Waals surface area (Å²) >= 11 is 0. The zero-order chi connectivity index (χ0) is 15.1. The second-order valence-electron chi connectivity index (χ2n) is 4.71. The van der Waals surface area contributed by atoms with Gasteiger partial charge in [-0.15, -0.1) is 0 Å². The number of carbonyl (C=O) groups excluding carboxylic acids is 1. The van der Waals surface area contributed by atoms with Crippen LogP contribution < -0.4 is 0 Å². The molecule has 0 radical (unpaired) electrons. The summed E-state index contributed by atoms with van der Waals surface area (Å²) in [6, 6.07) is 16.2. The quantitative estimate of drug-likeness (QED) is 0.431. The van der Waals surface area contributed by atoms with E-state index in [1.54, 1.807) is 16.9 Å². The molecule has 2 aromatic rings. The summed E-state index contributed by atoms with van der Waals surface area (Å²) in [6.07, 6.45) is 0. The number of methoxy groups -OCH3 is 1. The van der Waals surface area contributed by atoms with E-state index in [1.807, 2.05) is 29.0 Å². The van der Waals surface area contributed by atoms with E-state index in [4.69, 9.17) is 4.74 Å². The molecule has 0 unspecified atom stereocenters. The van der Waals surface area contributed by atoms with Crippen LogP contribution in [-0.2, 0) is 16.2 Å².